The van der Waals surface area contributed by atoms with Crippen molar-refractivity contribution in [3.05, 3.63) is 49.7 Å². The average Bonchev–Trinajstić information content (AvgIpc) is 2.77. The van der Waals surface area contributed by atoms with E-state index in [4.69, 9.17) is 4.74 Å². The normalized spacial score (nSPS) is 12.4. The third-order valence-electron chi connectivity index (χ3n) is 2.54. The number of hydrogen-bond acceptors (Lipinski definition) is 2. The monoisotopic (exact) mass is 422 g/mol. The minimum absolute atomic E-state index is 0.346. The van der Waals surface area contributed by atoms with Crippen LogP contribution in [0.3, 0.4) is 0 Å². The van der Waals surface area contributed by atoms with Gasteiger partial charge in [-0.3, -0.25) is 0 Å². The van der Waals surface area contributed by atoms with Crippen molar-refractivity contribution >= 4 is 49.9 Å². The van der Waals surface area contributed by atoms with Crippen molar-refractivity contribution < 1.29 is 4.74 Å². The number of halogens is 2. The van der Waals surface area contributed by atoms with Crippen LogP contribution in [0.1, 0.15) is 16.0 Å². The summed E-state index contributed by atoms with van der Waals surface area (Å²) >= 11 is 7.88. The maximum Gasteiger partial charge on any atom is 0.122 e. The third kappa shape index (κ3) is 3.45. The van der Waals surface area contributed by atoms with Crippen LogP contribution < -0.4 is 4.74 Å². The molecular formula is C13H12BrIOS. The highest BCUT2D eigenvalue weighted by atomic mass is 127. The van der Waals surface area contributed by atoms with Crippen LogP contribution in [0, 0.1) is 2.88 Å². The Labute approximate surface area is 127 Å². The topological polar surface area (TPSA) is 9.23 Å². The standard InChI is InChI=1S/C13H12BrIOS/c1-16-12-5-3-2-4-9(12)6-11(14)10-7-13(15)17-8-10/h2-5,7-8,11H,6H2,1H3. The van der Waals surface area contributed by atoms with Crippen LogP contribution in [0.2, 0.25) is 0 Å². The molecule has 1 nitrogen and oxygen atoms in total. The Morgan fingerprint density at radius 3 is 2.82 bits per heavy atom. The van der Waals surface area contributed by atoms with Gasteiger partial charge >= 0.3 is 0 Å². The highest BCUT2D eigenvalue weighted by molar-refractivity contribution is 14.1. The van der Waals surface area contributed by atoms with Crippen LogP contribution in [0.25, 0.3) is 0 Å². The average molecular weight is 423 g/mol. The van der Waals surface area contributed by atoms with Crippen molar-refractivity contribution in [3.8, 4) is 5.75 Å². The molecule has 0 N–H and O–H groups in total. The second-order valence-corrected chi connectivity index (χ2v) is 7.58. The lowest BCUT2D eigenvalue weighted by Gasteiger charge is -2.11. The van der Waals surface area contributed by atoms with Crippen LogP contribution >= 0.6 is 49.9 Å². The summed E-state index contributed by atoms with van der Waals surface area (Å²) in [7, 11) is 1.72. The molecule has 1 aromatic heterocycles. The van der Waals surface area contributed by atoms with Gasteiger partial charge in [0.15, 0.2) is 0 Å². The van der Waals surface area contributed by atoms with E-state index in [0.717, 1.165) is 12.2 Å². The van der Waals surface area contributed by atoms with Crippen LogP contribution in [0.5, 0.6) is 5.75 Å². The second-order valence-electron chi connectivity index (χ2n) is 3.67. The Kier molecular flexibility index (Phi) is 4.87. The minimum atomic E-state index is 0.346. The van der Waals surface area contributed by atoms with E-state index in [-0.39, 0.29) is 0 Å². The van der Waals surface area contributed by atoms with Gasteiger partial charge in [0.05, 0.1) is 9.99 Å². The van der Waals surface area contributed by atoms with E-state index >= 15 is 0 Å². The highest BCUT2D eigenvalue weighted by Crippen LogP contribution is 2.33. The Hall–Kier alpha value is -0.0700. The zero-order valence-corrected chi connectivity index (χ0v) is 13.9. The van der Waals surface area contributed by atoms with E-state index in [1.54, 1.807) is 18.4 Å². The van der Waals surface area contributed by atoms with Crippen molar-refractivity contribution in [1.29, 1.82) is 0 Å². The first kappa shape index (κ1) is 13.4. The van der Waals surface area contributed by atoms with Gasteiger partial charge in [-0.15, -0.1) is 11.3 Å². The van der Waals surface area contributed by atoms with Crippen LogP contribution in [0.4, 0.5) is 0 Å². The Morgan fingerprint density at radius 1 is 1.41 bits per heavy atom. The molecule has 0 fully saturated rings. The first-order chi connectivity index (χ1) is 8.20. The molecule has 1 unspecified atom stereocenters. The summed E-state index contributed by atoms with van der Waals surface area (Å²) in [6.45, 7) is 0. The third-order valence-corrected chi connectivity index (χ3v) is 5.20. The number of methoxy groups -OCH3 is 1. The minimum Gasteiger partial charge on any atom is -0.496 e. The molecule has 4 heteroatoms. The molecule has 1 heterocycles. The Balaban J connectivity index is 2.15. The zero-order valence-electron chi connectivity index (χ0n) is 9.32. The van der Waals surface area contributed by atoms with Gasteiger partial charge in [0.25, 0.3) is 0 Å². The lowest BCUT2D eigenvalue weighted by atomic mass is 10.1. The van der Waals surface area contributed by atoms with E-state index in [9.17, 15) is 0 Å². The van der Waals surface area contributed by atoms with Crippen molar-refractivity contribution in [1.82, 2.24) is 0 Å². The summed E-state index contributed by atoms with van der Waals surface area (Å²) in [4.78, 5) is 0.346. The summed E-state index contributed by atoms with van der Waals surface area (Å²) in [6.07, 6.45) is 0.941. The van der Waals surface area contributed by atoms with Gasteiger partial charge in [0.1, 0.15) is 5.75 Å². The number of para-hydroxylation sites is 1. The van der Waals surface area contributed by atoms with E-state index in [1.807, 2.05) is 12.1 Å². The van der Waals surface area contributed by atoms with Crippen LogP contribution in [0.15, 0.2) is 35.7 Å². The summed E-state index contributed by atoms with van der Waals surface area (Å²) < 4.78 is 6.69. The zero-order chi connectivity index (χ0) is 12.3. The molecule has 0 radical (unpaired) electrons. The van der Waals surface area contributed by atoms with Gasteiger partial charge in [0.2, 0.25) is 0 Å². The molecule has 0 spiro atoms. The summed E-state index contributed by atoms with van der Waals surface area (Å²) in [6, 6.07) is 10.4. The largest absolute Gasteiger partial charge is 0.496 e. The van der Waals surface area contributed by atoms with Crippen molar-refractivity contribution in [3.63, 3.8) is 0 Å². The molecule has 1 aromatic carbocycles. The number of rotatable bonds is 4. The molecule has 17 heavy (non-hydrogen) atoms. The Bertz CT molecular complexity index is 498. The lowest BCUT2D eigenvalue weighted by Crippen LogP contribution is -1.97. The predicted molar refractivity (Wildman–Crippen MR) is 85.4 cm³/mol. The van der Waals surface area contributed by atoms with Crippen molar-refractivity contribution in [2.24, 2.45) is 0 Å². The number of ether oxygens (including phenoxy) is 1. The first-order valence-corrected chi connectivity index (χ1v) is 8.08. The van der Waals surface area contributed by atoms with Gasteiger partial charge in [0, 0.05) is 4.83 Å². The van der Waals surface area contributed by atoms with E-state index in [0.29, 0.717) is 4.83 Å². The molecule has 0 aliphatic rings. The molecule has 0 amide bonds. The summed E-state index contributed by atoms with van der Waals surface area (Å²) in [5.74, 6) is 0.960. The van der Waals surface area contributed by atoms with Gasteiger partial charge in [-0.25, -0.2) is 0 Å². The molecule has 0 bridgehead atoms. The van der Waals surface area contributed by atoms with Crippen molar-refractivity contribution in [2.45, 2.75) is 11.2 Å². The SMILES string of the molecule is COc1ccccc1CC(Br)c1csc(I)c1. The fraction of sp³-hybridized carbons (Fsp3) is 0.231. The molecule has 2 rings (SSSR count). The summed E-state index contributed by atoms with van der Waals surface area (Å²) in [5, 5.41) is 2.20. The quantitative estimate of drug-likeness (QED) is 0.495. The van der Waals surface area contributed by atoms with Crippen molar-refractivity contribution in [2.75, 3.05) is 7.11 Å². The smallest absolute Gasteiger partial charge is 0.122 e. The Morgan fingerprint density at radius 2 is 2.18 bits per heavy atom. The number of thiophene rings is 1. The molecule has 2 aromatic rings. The molecular weight excluding hydrogens is 411 g/mol. The second kappa shape index (κ2) is 6.20. The van der Waals surface area contributed by atoms with E-state index in [2.05, 4.69) is 62.1 Å². The maximum absolute atomic E-state index is 5.37. The fourth-order valence-electron chi connectivity index (χ4n) is 1.67. The molecule has 0 aliphatic heterocycles. The predicted octanol–water partition coefficient (Wildman–Crippen LogP) is 5.04. The first-order valence-electron chi connectivity index (χ1n) is 5.20. The molecule has 1 atom stereocenters. The number of benzene rings is 1. The molecule has 90 valence electrons. The maximum atomic E-state index is 5.37. The van der Waals surface area contributed by atoms with Crippen LogP contribution in [-0.4, -0.2) is 7.11 Å². The molecule has 0 saturated carbocycles. The van der Waals surface area contributed by atoms with E-state index in [1.165, 1.54) is 14.0 Å². The number of hydrogen-bond donors (Lipinski definition) is 0. The van der Waals surface area contributed by atoms with Gasteiger partial charge in [-0.1, -0.05) is 34.1 Å². The van der Waals surface area contributed by atoms with E-state index < -0.39 is 0 Å². The van der Waals surface area contributed by atoms with Gasteiger partial charge in [-0.2, -0.15) is 0 Å². The fourth-order valence-corrected chi connectivity index (χ4v) is 3.88. The summed E-state index contributed by atoms with van der Waals surface area (Å²) in [5.41, 5.74) is 2.57. The molecule has 0 saturated heterocycles. The molecule has 0 aliphatic carbocycles. The van der Waals surface area contributed by atoms with Gasteiger partial charge in [-0.05, 0) is 57.7 Å². The van der Waals surface area contributed by atoms with Crippen LogP contribution in [-0.2, 0) is 6.42 Å². The number of alkyl halides is 1. The highest BCUT2D eigenvalue weighted by Gasteiger charge is 2.12. The lowest BCUT2D eigenvalue weighted by molar-refractivity contribution is 0.409. The van der Waals surface area contributed by atoms with Gasteiger partial charge < -0.3 is 4.74 Å².